The molecule has 1 aliphatic heterocycles. The molecule has 0 N–H and O–H groups in total. The minimum Gasteiger partial charge on any atom is -0.422 e. The van der Waals surface area contributed by atoms with Crippen molar-refractivity contribution in [3.8, 4) is 6.07 Å². The Morgan fingerprint density at radius 2 is 2.15 bits per heavy atom. The van der Waals surface area contributed by atoms with Crippen LogP contribution in [-0.2, 0) is 14.8 Å². The predicted octanol–water partition coefficient (Wildman–Crippen LogP) is 1.97. The van der Waals surface area contributed by atoms with Crippen LogP contribution in [0.2, 0.25) is 0 Å². The Bertz CT molecular complexity index is 951. The molecule has 1 fully saturated rings. The topological polar surface area (TPSA) is 109 Å². The number of aromatic nitrogens is 2. The van der Waals surface area contributed by atoms with Crippen molar-refractivity contribution in [2.24, 2.45) is 0 Å². The van der Waals surface area contributed by atoms with Crippen LogP contribution >= 0.6 is 0 Å². The number of ether oxygens (including phenoxy) is 1. The van der Waals surface area contributed by atoms with Gasteiger partial charge in [0.05, 0.1) is 17.1 Å². The smallest absolute Gasteiger partial charge is 0.246 e. The molecule has 3 rings (SSSR count). The second kappa shape index (κ2) is 7.11. The first kappa shape index (κ1) is 18.4. The van der Waals surface area contributed by atoms with E-state index in [2.05, 4.69) is 10.2 Å². The van der Waals surface area contributed by atoms with Crippen molar-refractivity contribution in [2.75, 3.05) is 19.7 Å². The number of morpholine rings is 1. The van der Waals surface area contributed by atoms with Gasteiger partial charge in [-0.1, -0.05) is 13.8 Å². The highest BCUT2D eigenvalue weighted by molar-refractivity contribution is 7.89. The number of hydrogen-bond donors (Lipinski definition) is 0. The number of hydrogen-bond acceptors (Lipinski definition) is 7. The largest absolute Gasteiger partial charge is 0.422 e. The molecule has 138 valence electrons. The molecule has 0 aliphatic carbocycles. The van der Waals surface area contributed by atoms with E-state index in [1.54, 1.807) is 6.07 Å². The molecule has 10 heteroatoms. The Kier molecular flexibility index (Phi) is 5.04. The summed E-state index contributed by atoms with van der Waals surface area (Å²) in [7, 11) is -3.92. The molecule has 2 heterocycles. The fraction of sp³-hybridized carbons (Fsp3) is 0.438. The number of benzene rings is 1. The molecule has 0 bridgehead atoms. The number of nitrogens with zero attached hydrogens (tertiary/aromatic N) is 4. The van der Waals surface area contributed by atoms with Gasteiger partial charge in [-0.3, -0.25) is 0 Å². The molecule has 1 aromatic heterocycles. The van der Waals surface area contributed by atoms with Crippen LogP contribution in [0.4, 0.5) is 4.39 Å². The maximum absolute atomic E-state index is 13.5. The lowest BCUT2D eigenvalue weighted by Crippen LogP contribution is -2.42. The SMILES string of the molecule is CC(C)c1nnc([C@H]2CN(S(=O)(=O)c3ccc(F)c(C#N)c3)CCO2)o1. The lowest BCUT2D eigenvalue weighted by atomic mass is 10.2. The van der Waals surface area contributed by atoms with E-state index in [9.17, 15) is 12.8 Å². The fourth-order valence-electron chi connectivity index (χ4n) is 2.50. The van der Waals surface area contributed by atoms with Gasteiger partial charge in [-0.15, -0.1) is 10.2 Å². The average Bonchev–Trinajstić information content (AvgIpc) is 3.12. The minimum absolute atomic E-state index is 0.0126. The number of halogens is 1. The fourth-order valence-corrected chi connectivity index (χ4v) is 3.95. The van der Waals surface area contributed by atoms with Crippen LogP contribution in [0, 0.1) is 17.1 Å². The highest BCUT2D eigenvalue weighted by Crippen LogP contribution is 2.27. The van der Waals surface area contributed by atoms with E-state index in [1.165, 1.54) is 4.31 Å². The summed E-state index contributed by atoms with van der Waals surface area (Å²) in [4.78, 5) is -0.149. The Balaban J connectivity index is 1.85. The molecule has 1 aromatic carbocycles. The van der Waals surface area contributed by atoms with Crippen LogP contribution in [0.1, 0.15) is 43.2 Å². The first-order chi connectivity index (χ1) is 12.3. The summed E-state index contributed by atoms with van der Waals surface area (Å²) in [6.07, 6.45) is -0.686. The standard InChI is InChI=1S/C16H17FN4O4S/c1-10(2)15-19-20-16(25-15)14-9-21(5-6-24-14)26(22,23)12-3-4-13(17)11(7-12)8-18/h3-4,7,10,14H,5-6,9H2,1-2H3/t14-/m1/s1. The zero-order chi connectivity index (χ0) is 18.9. The van der Waals surface area contributed by atoms with Crippen LogP contribution in [0.5, 0.6) is 0 Å². The zero-order valence-corrected chi connectivity index (χ0v) is 15.0. The van der Waals surface area contributed by atoms with E-state index < -0.39 is 21.9 Å². The van der Waals surface area contributed by atoms with Crippen LogP contribution in [0.25, 0.3) is 0 Å². The van der Waals surface area contributed by atoms with Gasteiger partial charge in [0, 0.05) is 19.0 Å². The lowest BCUT2D eigenvalue weighted by Gasteiger charge is -2.30. The van der Waals surface area contributed by atoms with Crippen LogP contribution in [-0.4, -0.2) is 42.6 Å². The summed E-state index contributed by atoms with van der Waals surface area (Å²) >= 11 is 0. The van der Waals surface area contributed by atoms with Crippen molar-refractivity contribution < 1.29 is 22.0 Å². The molecule has 0 amide bonds. The number of sulfonamides is 1. The summed E-state index contributed by atoms with van der Waals surface area (Å²) in [5.74, 6) is -0.0622. The van der Waals surface area contributed by atoms with Crippen molar-refractivity contribution in [1.82, 2.24) is 14.5 Å². The van der Waals surface area contributed by atoms with Gasteiger partial charge in [0.15, 0.2) is 0 Å². The molecule has 1 atom stereocenters. The van der Waals surface area contributed by atoms with E-state index in [0.717, 1.165) is 18.2 Å². The van der Waals surface area contributed by atoms with Gasteiger partial charge in [-0.25, -0.2) is 12.8 Å². The Labute approximate surface area is 150 Å². The Hall–Kier alpha value is -2.35. The molecular formula is C16H17FN4O4S. The third-order valence-corrected chi connectivity index (χ3v) is 5.81. The van der Waals surface area contributed by atoms with Gasteiger partial charge in [-0.05, 0) is 18.2 Å². The molecule has 1 saturated heterocycles. The maximum Gasteiger partial charge on any atom is 0.246 e. The lowest BCUT2D eigenvalue weighted by molar-refractivity contribution is -0.0179. The first-order valence-electron chi connectivity index (χ1n) is 7.97. The van der Waals surface area contributed by atoms with E-state index in [1.807, 2.05) is 13.8 Å². The van der Waals surface area contributed by atoms with Crippen LogP contribution in [0.3, 0.4) is 0 Å². The molecule has 0 unspecified atom stereocenters. The van der Waals surface area contributed by atoms with E-state index >= 15 is 0 Å². The van der Waals surface area contributed by atoms with Gasteiger partial charge in [0.1, 0.15) is 18.0 Å². The van der Waals surface area contributed by atoms with Gasteiger partial charge in [-0.2, -0.15) is 9.57 Å². The molecule has 1 aliphatic rings. The summed E-state index contributed by atoms with van der Waals surface area (Å²) in [5, 5.41) is 16.8. The van der Waals surface area contributed by atoms with Crippen LogP contribution < -0.4 is 0 Å². The molecule has 0 spiro atoms. The minimum atomic E-state index is -3.92. The molecular weight excluding hydrogens is 363 g/mol. The predicted molar refractivity (Wildman–Crippen MR) is 87.0 cm³/mol. The number of nitriles is 1. The monoisotopic (exact) mass is 380 g/mol. The highest BCUT2D eigenvalue weighted by Gasteiger charge is 2.34. The van der Waals surface area contributed by atoms with E-state index in [4.69, 9.17) is 14.4 Å². The van der Waals surface area contributed by atoms with Crippen molar-refractivity contribution in [2.45, 2.75) is 30.8 Å². The second-order valence-electron chi connectivity index (χ2n) is 6.11. The Morgan fingerprint density at radius 3 is 2.81 bits per heavy atom. The van der Waals surface area contributed by atoms with Crippen molar-refractivity contribution >= 4 is 10.0 Å². The number of rotatable bonds is 4. The quantitative estimate of drug-likeness (QED) is 0.797. The molecule has 26 heavy (non-hydrogen) atoms. The van der Waals surface area contributed by atoms with Gasteiger partial charge in [0.25, 0.3) is 0 Å². The summed E-state index contributed by atoms with van der Waals surface area (Å²) in [6, 6.07) is 4.78. The maximum atomic E-state index is 13.5. The van der Waals surface area contributed by atoms with E-state index in [0.29, 0.717) is 5.89 Å². The third-order valence-electron chi connectivity index (χ3n) is 3.95. The van der Waals surface area contributed by atoms with Gasteiger partial charge < -0.3 is 9.15 Å². The molecule has 0 saturated carbocycles. The third kappa shape index (κ3) is 3.46. The van der Waals surface area contributed by atoms with Crippen LogP contribution in [0.15, 0.2) is 27.5 Å². The Morgan fingerprint density at radius 1 is 1.38 bits per heavy atom. The van der Waals surface area contributed by atoms with Gasteiger partial charge in [0.2, 0.25) is 21.8 Å². The van der Waals surface area contributed by atoms with Gasteiger partial charge >= 0.3 is 0 Å². The molecule has 2 aromatic rings. The molecule has 0 radical (unpaired) electrons. The normalized spacial score (nSPS) is 18.8. The van der Waals surface area contributed by atoms with Crippen molar-refractivity contribution in [1.29, 1.82) is 5.26 Å². The van der Waals surface area contributed by atoms with Crippen molar-refractivity contribution in [3.05, 3.63) is 41.4 Å². The summed E-state index contributed by atoms with van der Waals surface area (Å²) in [6.45, 7) is 4.06. The summed E-state index contributed by atoms with van der Waals surface area (Å²) in [5.41, 5.74) is -0.325. The van der Waals surface area contributed by atoms with Crippen molar-refractivity contribution in [3.63, 3.8) is 0 Å². The van der Waals surface area contributed by atoms with E-state index in [-0.39, 0.29) is 42.0 Å². The second-order valence-corrected chi connectivity index (χ2v) is 8.05. The highest BCUT2D eigenvalue weighted by atomic mass is 32.2. The first-order valence-corrected chi connectivity index (χ1v) is 9.41. The average molecular weight is 380 g/mol. The summed E-state index contributed by atoms with van der Waals surface area (Å²) < 4.78 is 51.4. The zero-order valence-electron chi connectivity index (χ0n) is 14.2. The molecule has 8 nitrogen and oxygen atoms in total.